The number of carbonyl (C=O) groups excluding carboxylic acids is 1. The van der Waals surface area contributed by atoms with Gasteiger partial charge in [0.05, 0.1) is 19.3 Å². The van der Waals surface area contributed by atoms with E-state index in [1.807, 2.05) is 7.05 Å². The van der Waals surface area contributed by atoms with Crippen LogP contribution in [0.15, 0.2) is 5.10 Å². The molecular weight excluding hydrogens is 238 g/mol. The van der Waals surface area contributed by atoms with Crippen molar-refractivity contribution in [1.29, 1.82) is 0 Å². The van der Waals surface area contributed by atoms with Gasteiger partial charge in [-0.1, -0.05) is 0 Å². The molecule has 7 heteroatoms. The molecule has 0 aromatic carbocycles. The van der Waals surface area contributed by atoms with Gasteiger partial charge < -0.3 is 14.7 Å². The number of carbonyl (C=O) groups is 2. The molecule has 1 saturated heterocycles. The second-order valence-corrected chi connectivity index (χ2v) is 4.58. The predicted molar refractivity (Wildman–Crippen MR) is 63.3 cm³/mol. The van der Waals surface area contributed by atoms with Gasteiger partial charge in [-0.2, -0.15) is 5.10 Å². The zero-order chi connectivity index (χ0) is 13.1. The SMILES string of the molecule is CN1CCOC(CN2N=C(C(=O)O)CCC2=O)C1. The van der Waals surface area contributed by atoms with E-state index in [2.05, 4.69) is 10.0 Å². The summed E-state index contributed by atoms with van der Waals surface area (Å²) in [4.78, 5) is 24.6. The average molecular weight is 255 g/mol. The van der Waals surface area contributed by atoms with Crippen LogP contribution in [0.4, 0.5) is 0 Å². The summed E-state index contributed by atoms with van der Waals surface area (Å²) >= 11 is 0. The zero-order valence-corrected chi connectivity index (χ0v) is 10.3. The molecule has 1 amide bonds. The Balaban J connectivity index is 2.00. The number of hydrogen-bond acceptors (Lipinski definition) is 5. The summed E-state index contributed by atoms with van der Waals surface area (Å²) < 4.78 is 5.54. The molecule has 1 fully saturated rings. The summed E-state index contributed by atoms with van der Waals surface area (Å²) in [6.07, 6.45) is 0.300. The molecule has 0 spiro atoms. The molecule has 0 aromatic heterocycles. The molecule has 2 aliphatic rings. The maximum Gasteiger partial charge on any atom is 0.352 e. The summed E-state index contributed by atoms with van der Waals surface area (Å²) in [6.45, 7) is 2.54. The van der Waals surface area contributed by atoms with E-state index in [9.17, 15) is 9.59 Å². The van der Waals surface area contributed by atoms with Crippen LogP contribution in [0.25, 0.3) is 0 Å². The van der Waals surface area contributed by atoms with Crippen molar-refractivity contribution < 1.29 is 19.4 Å². The van der Waals surface area contributed by atoms with Gasteiger partial charge in [-0.3, -0.25) is 4.79 Å². The number of nitrogens with zero attached hydrogens (tertiary/aromatic N) is 3. The van der Waals surface area contributed by atoms with Crippen LogP contribution in [-0.2, 0) is 14.3 Å². The highest BCUT2D eigenvalue weighted by Gasteiger charge is 2.28. The van der Waals surface area contributed by atoms with Crippen LogP contribution in [-0.4, -0.2) is 72.0 Å². The third-order valence-corrected chi connectivity index (χ3v) is 3.07. The van der Waals surface area contributed by atoms with E-state index in [1.54, 1.807) is 0 Å². The number of aliphatic carboxylic acids is 1. The summed E-state index contributed by atoms with van der Waals surface area (Å²) in [5.41, 5.74) is 0.0405. The second-order valence-electron chi connectivity index (χ2n) is 4.58. The Labute approximate surface area is 105 Å². The van der Waals surface area contributed by atoms with E-state index >= 15 is 0 Å². The maximum absolute atomic E-state index is 11.7. The number of hydrazone groups is 1. The van der Waals surface area contributed by atoms with E-state index < -0.39 is 5.97 Å². The molecule has 100 valence electrons. The summed E-state index contributed by atoms with van der Waals surface area (Å²) in [5.74, 6) is -1.20. The first-order valence-corrected chi connectivity index (χ1v) is 5.97. The molecule has 1 atom stereocenters. The average Bonchev–Trinajstić information content (AvgIpc) is 2.31. The maximum atomic E-state index is 11.7. The molecule has 2 aliphatic heterocycles. The standard InChI is InChI=1S/C11H17N3O4/c1-13-4-5-18-8(6-13)7-14-10(15)3-2-9(12-14)11(16)17/h8H,2-7H2,1H3,(H,16,17). The van der Waals surface area contributed by atoms with Crippen molar-refractivity contribution in [1.82, 2.24) is 9.91 Å². The first-order chi connectivity index (χ1) is 8.56. The smallest absolute Gasteiger partial charge is 0.352 e. The molecule has 1 N–H and O–H groups in total. The van der Waals surface area contributed by atoms with Crippen LogP contribution < -0.4 is 0 Å². The number of hydrogen-bond donors (Lipinski definition) is 1. The highest BCUT2D eigenvalue weighted by Crippen LogP contribution is 2.12. The summed E-state index contributed by atoms with van der Waals surface area (Å²) in [6, 6.07) is 0. The largest absolute Gasteiger partial charge is 0.477 e. The van der Waals surface area contributed by atoms with Crippen LogP contribution in [0.3, 0.4) is 0 Å². The fourth-order valence-corrected chi connectivity index (χ4v) is 2.07. The predicted octanol–water partition coefficient (Wildman–Crippen LogP) is -0.620. The number of morpholine rings is 1. The van der Waals surface area contributed by atoms with Gasteiger partial charge in [0.2, 0.25) is 5.91 Å². The minimum Gasteiger partial charge on any atom is -0.477 e. The Bertz CT molecular complexity index is 382. The Morgan fingerprint density at radius 2 is 2.33 bits per heavy atom. The monoisotopic (exact) mass is 255 g/mol. The lowest BCUT2D eigenvalue weighted by Gasteiger charge is -2.33. The number of likely N-dealkylation sites (N-methyl/N-ethyl adjacent to an activating group) is 1. The van der Waals surface area contributed by atoms with Crippen molar-refractivity contribution in [3.63, 3.8) is 0 Å². The van der Waals surface area contributed by atoms with E-state index in [1.165, 1.54) is 5.01 Å². The van der Waals surface area contributed by atoms with Gasteiger partial charge in [-0.05, 0) is 7.05 Å². The number of carboxylic acids is 1. The molecule has 0 aliphatic carbocycles. The Morgan fingerprint density at radius 1 is 1.56 bits per heavy atom. The lowest BCUT2D eigenvalue weighted by molar-refractivity contribution is -0.135. The van der Waals surface area contributed by atoms with Crippen molar-refractivity contribution in [3.8, 4) is 0 Å². The normalized spacial score (nSPS) is 26.1. The Kier molecular flexibility index (Phi) is 3.93. The molecule has 0 radical (unpaired) electrons. The Morgan fingerprint density at radius 3 is 3.00 bits per heavy atom. The molecule has 0 aromatic rings. The number of carboxylic acid groups (broad SMARTS) is 1. The third kappa shape index (κ3) is 3.05. The highest BCUT2D eigenvalue weighted by atomic mass is 16.5. The van der Waals surface area contributed by atoms with Crippen LogP contribution in [0.1, 0.15) is 12.8 Å². The minimum atomic E-state index is -1.06. The van der Waals surface area contributed by atoms with Crippen molar-refractivity contribution >= 4 is 17.6 Å². The lowest BCUT2D eigenvalue weighted by atomic mass is 10.1. The summed E-state index contributed by atoms with van der Waals surface area (Å²) in [5, 5.41) is 14.0. The van der Waals surface area contributed by atoms with E-state index in [-0.39, 0.29) is 30.6 Å². The van der Waals surface area contributed by atoms with Crippen molar-refractivity contribution in [2.45, 2.75) is 18.9 Å². The topological polar surface area (TPSA) is 82.4 Å². The van der Waals surface area contributed by atoms with E-state index in [0.717, 1.165) is 13.1 Å². The molecular formula is C11H17N3O4. The van der Waals surface area contributed by atoms with Crippen LogP contribution in [0.5, 0.6) is 0 Å². The summed E-state index contributed by atoms with van der Waals surface area (Å²) in [7, 11) is 1.99. The molecule has 0 saturated carbocycles. The molecule has 1 unspecified atom stereocenters. The van der Waals surface area contributed by atoms with Gasteiger partial charge in [-0.25, -0.2) is 9.80 Å². The van der Waals surface area contributed by atoms with Gasteiger partial charge >= 0.3 is 5.97 Å². The van der Waals surface area contributed by atoms with Gasteiger partial charge in [-0.15, -0.1) is 0 Å². The zero-order valence-electron chi connectivity index (χ0n) is 10.3. The van der Waals surface area contributed by atoms with E-state index in [0.29, 0.717) is 13.2 Å². The first-order valence-electron chi connectivity index (χ1n) is 5.97. The fraction of sp³-hybridized carbons (Fsp3) is 0.727. The lowest BCUT2D eigenvalue weighted by Crippen LogP contribution is -2.47. The van der Waals surface area contributed by atoms with Crippen LogP contribution in [0, 0.1) is 0 Å². The molecule has 2 rings (SSSR count). The number of ether oxygens (including phenoxy) is 1. The quantitative estimate of drug-likeness (QED) is 0.726. The van der Waals surface area contributed by atoms with E-state index in [4.69, 9.17) is 9.84 Å². The molecule has 7 nitrogen and oxygen atoms in total. The van der Waals surface area contributed by atoms with Gasteiger partial charge in [0, 0.05) is 25.9 Å². The van der Waals surface area contributed by atoms with Crippen LogP contribution >= 0.6 is 0 Å². The Hall–Kier alpha value is -1.47. The minimum absolute atomic E-state index is 0.0405. The van der Waals surface area contributed by atoms with Crippen molar-refractivity contribution in [3.05, 3.63) is 0 Å². The van der Waals surface area contributed by atoms with Crippen molar-refractivity contribution in [2.24, 2.45) is 5.10 Å². The van der Waals surface area contributed by atoms with Crippen LogP contribution in [0.2, 0.25) is 0 Å². The number of amides is 1. The van der Waals surface area contributed by atoms with Gasteiger partial charge in [0.25, 0.3) is 0 Å². The molecule has 2 heterocycles. The molecule has 18 heavy (non-hydrogen) atoms. The van der Waals surface area contributed by atoms with Gasteiger partial charge in [0.15, 0.2) is 0 Å². The number of rotatable bonds is 3. The highest BCUT2D eigenvalue weighted by molar-refractivity contribution is 6.36. The second kappa shape index (κ2) is 5.45. The van der Waals surface area contributed by atoms with Crippen molar-refractivity contribution in [2.75, 3.05) is 33.3 Å². The first kappa shape index (κ1) is 13.0. The molecule has 0 bridgehead atoms. The fourth-order valence-electron chi connectivity index (χ4n) is 2.07. The van der Waals surface area contributed by atoms with Gasteiger partial charge in [0.1, 0.15) is 5.71 Å². The third-order valence-electron chi connectivity index (χ3n) is 3.07.